The Bertz CT molecular complexity index is 539. The average molecular weight is 321 g/mol. The molecule has 1 amide bonds. The minimum Gasteiger partial charge on any atom is -0.483 e. The van der Waals surface area contributed by atoms with E-state index in [1.165, 1.54) is 10.5 Å². The quantitative estimate of drug-likeness (QED) is 0.906. The molecule has 4 heteroatoms. The van der Waals surface area contributed by atoms with Gasteiger partial charge in [0.1, 0.15) is 5.75 Å². The zero-order valence-corrected chi connectivity index (χ0v) is 15.6. The summed E-state index contributed by atoms with van der Waals surface area (Å²) in [6.45, 7) is 13.2. The predicted molar refractivity (Wildman–Crippen MR) is 94.1 cm³/mol. The zero-order chi connectivity index (χ0) is 17.8. The lowest BCUT2D eigenvalue weighted by Crippen LogP contribution is -2.33. The van der Waals surface area contributed by atoms with E-state index in [0.717, 1.165) is 11.3 Å². The van der Waals surface area contributed by atoms with Crippen LogP contribution >= 0.6 is 0 Å². The molecule has 1 N–H and O–H groups in total. The van der Waals surface area contributed by atoms with Gasteiger partial charge >= 0.3 is 0 Å². The number of nitrogens with zero attached hydrogens (tertiary/aromatic N) is 1. The van der Waals surface area contributed by atoms with Crippen molar-refractivity contribution >= 4 is 5.91 Å². The highest BCUT2D eigenvalue weighted by Crippen LogP contribution is 2.35. The lowest BCUT2D eigenvalue weighted by atomic mass is 9.80. The van der Waals surface area contributed by atoms with Gasteiger partial charge in [0.05, 0.1) is 6.61 Å². The topological polar surface area (TPSA) is 49.8 Å². The molecular formula is C19H31NO3. The van der Waals surface area contributed by atoms with Crippen molar-refractivity contribution in [3.8, 4) is 5.75 Å². The first-order chi connectivity index (χ1) is 10.5. The molecule has 1 rings (SSSR count). The van der Waals surface area contributed by atoms with E-state index in [-0.39, 0.29) is 30.0 Å². The van der Waals surface area contributed by atoms with Gasteiger partial charge in [-0.25, -0.2) is 0 Å². The van der Waals surface area contributed by atoms with Crippen LogP contribution in [0.3, 0.4) is 0 Å². The molecule has 1 aromatic carbocycles. The van der Waals surface area contributed by atoms with Gasteiger partial charge in [-0.3, -0.25) is 4.79 Å². The molecule has 4 nitrogen and oxygen atoms in total. The lowest BCUT2D eigenvalue weighted by molar-refractivity contribution is -0.132. The van der Waals surface area contributed by atoms with Gasteiger partial charge in [0.25, 0.3) is 5.91 Å². The van der Waals surface area contributed by atoms with Gasteiger partial charge in [-0.15, -0.1) is 0 Å². The van der Waals surface area contributed by atoms with Crippen molar-refractivity contribution in [2.45, 2.75) is 52.4 Å². The van der Waals surface area contributed by atoms with Crippen molar-refractivity contribution in [3.63, 3.8) is 0 Å². The van der Waals surface area contributed by atoms with Crippen LogP contribution in [-0.2, 0) is 15.6 Å². The second kappa shape index (κ2) is 7.35. The maximum atomic E-state index is 12.0. The fraction of sp³-hybridized carbons (Fsp3) is 0.632. The number of hydrogen-bond acceptors (Lipinski definition) is 3. The third kappa shape index (κ3) is 5.54. The molecule has 0 aliphatic rings. The smallest absolute Gasteiger partial charge is 0.260 e. The van der Waals surface area contributed by atoms with E-state index in [9.17, 15) is 4.79 Å². The van der Waals surface area contributed by atoms with Crippen LogP contribution in [0.15, 0.2) is 18.2 Å². The molecule has 0 saturated heterocycles. The summed E-state index contributed by atoms with van der Waals surface area (Å²) in [5.74, 6) is 0.607. The van der Waals surface area contributed by atoms with Crippen molar-refractivity contribution in [2.75, 3.05) is 26.8 Å². The first-order valence-electron chi connectivity index (χ1n) is 8.09. The van der Waals surface area contributed by atoms with E-state index >= 15 is 0 Å². The van der Waals surface area contributed by atoms with Crippen LogP contribution in [0.1, 0.15) is 52.7 Å². The molecule has 130 valence electrons. The fourth-order valence-corrected chi connectivity index (χ4v) is 2.23. The number of carbonyl (C=O) groups is 1. The van der Waals surface area contributed by atoms with Crippen molar-refractivity contribution in [1.82, 2.24) is 4.90 Å². The fourth-order valence-electron chi connectivity index (χ4n) is 2.23. The van der Waals surface area contributed by atoms with E-state index < -0.39 is 0 Å². The number of likely N-dealkylation sites (N-methyl/N-ethyl adjacent to an activating group) is 1. The highest BCUT2D eigenvalue weighted by atomic mass is 16.5. The van der Waals surface area contributed by atoms with E-state index in [1.807, 2.05) is 6.07 Å². The first-order valence-corrected chi connectivity index (χ1v) is 8.09. The predicted octanol–water partition coefficient (Wildman–Crippen LogP) is 3.11. The van der Waals surface area contributed by atoms with Crippen LogP contribution in [0.2, 0.25) is 0 Å². The molecule has 0 fully saturated rings. The maximum absolute atomic E-state index is 12.0. The second-order valence-corrected chi connectivity index (χ2v) is 8.04. The Morgan fingerprint density at radius 2 is 1.74 bits per heavy atom. The Balaban J connectivity index is 3.01. The average Bonchev–Trinajstić information content (AvgIpc) is 2.42. The second-order valence-electron chi connectivity index (χ2n) is 8.04. The summed E-state index contributed by atoms with van der Waals surface area (Å²) < 4.78 is 5.79. The van der Waals surface area contributed by atoms with Gasteiger partial charge < -0.3 is 14.7 Å². The maximum Gasteiger partial charge on any atom is 0.260 e. The number of benzene rings is 1. The van der Waals surface area contributed by atoms with Gasteiger partial charge in [-0.2, -0.15) is 0 Å². The minimum atomic E-state index is -0.140. The number of aliphatic hydroxyl groups is 1. The summed E-state index contributed by atoms with van der Waals surface area (Å²) in [6.07, 6.45) is 0. The Hall–Kier alpha value is -1.55. The molecule has 23 heavy (non-hydrogen) atoms. The van der Waals surface area contributed by atoms with Gasteiger partial charge in [0.15, 0.2) is 6.61 Å². The van der Waals surface area contributed by atoms with Crippen LogP contribution in [0.5, 0.6) is 5.75 Å². The summed E-state index contributed by atoms with van der Waals surface area (Å²) >= 11 is 0. The highest BCUT2D eigenvalue weighted by molar-refractivity contribution is 5.77. The van der Waals surface area contributed by atoms with E-state index in [1.54, 1.807) is 7.05 Å². The molecule has 1 aromatic rings. The molecule has 0 aliphatic carbocycles. The molecule has 0 aromatic heterocycles. The molecule has 0 spiro atoms. The number of rotatable bonds is 5. The Morgan fingerprint density at radius 1 is 1.13 bits per heavy atom. The van der Waals surface area contributed by atoms with Crippen LogP contribution in [0, 0.1) is 0 Å². The van der Waals surface area contributed by atoms with Gasteiger partial charge in [-0.1, -0.05) is 53.7 Å². The number of carbonyl (C=O) groups excluding carboxylic acids is 1. The largest absolute Gasteiger partial charge is 0.483 e. The molecule has 0 aliphatic heterocycles. The number of hydrogen-bond donors (Lipinski definition) is 1. The third-order valence-electron chi connectivity index (χ3n) is 3.87. The van der Waals surface area contributed by atoms with Crippen molar-refractivity contribution in [2.24, 2.45) is 0 Å². The molecule has 0 bridgehead atoms. The number of ether oxygens (including phenoxy) is 1. The van der Waals surface area contributed by atoms with Crippen LogP contribution in [0.4, 0.5) is 0 Å². The number of amides is 1. The van der Waals surface area contributed by atoms with Crippen LogP contribution in [-0.4, -0.2) is 42.7 Å². The Kier molecular flexibility index (Phi) is 6.23. The molecule has 0 saturated carbocycles. The molecule has 0 atom stereocenters. The summed E-state index contributed by atoms with van der Waals surface area (Å²) in [6, 6.07) is 6.20. The minimum absolute atomic E-state index is 0.0194. The summed E-state index contributed by atoms with van der Waals surface area (Å²) in [5, 5.41) is 8.89. The Labute approximate surface area is 140 Å². The first kappa shape index (κ1) is 19.5. The molecular weight excluding hydrogens is 290 g/mol. The van der Waals surface area contributed by atoms with Gasteiger partial charge in [0.2, 0.25) is 0 Å². The number of aliphatic hydroxyl groups excluding tert-OH is 1. The van der Waals surface area contributed by atoms with Gasteiger partial charge in [0, 0.05) is 13.6 Å². The Morgan fingerprint density at radius 3 is 2.22 bits per heavy atom. The monoisotopic (exact) mass is 321 g/mol. The van der Waals surface area contributed by atoms with Crippen molar-refractivity contribution in [3.05, 3.63) is 29.3 Å². The molecule has 0 heterocycles. The van der Waals surface area contributed by atoms with Crippen molar-refractivity contribution < 1.29 is 14.6 Å². The van der Waals surface area contributed by atoms with Crippen molar-refractivity contribution in [1.29, 1.82) is 0 Å². The molecule has 0 unspecified atom stereocenters. The SMILES string of the molecule is CN(CCO)C(=O)COc1ccc(C(C)(C)C)cc1C(C)(C)C. The summed E-state index contributed by atoms with van der Waals surface area (Å²) in [7, 11) is 1.66. The van der Waals surface area contributed by atoms with Crippen LogP contribution in [0.25, 0.3) is 0 Å². The van der Waals surface area contributed by atoms with Crippen LogP contribution < -0.4 is 4.74 Å². The lowest BCUT2D eigenvalue weighted by Gasteiger charge is -2.27. The third-order valence-corrected chi connectivity index (χ3v) is 3.87. The van der Waals surface area contributed by atoms with E-state index in [2.05, 4.69) is 53.7 Å². The molecule has 0 radical (unpaired) electrons. The van der Waals surface area contributed by atoms with E-state index in [4.69, 9.17) is 9.84 Å². The zero-order valence-electron chi connectivity index (χ0n) is 15.6. The van der Waals surface area contributed by atoms with E-state index in [0.29, 0.717) is 6.54 Å². The normalized spacial score (nSPS) is 12.2. The standard InChI is InChI=1S/C19H31NO3/c1-18(2,3)14-8-9-16(15(12-14)19(4,5)6)23-13-17(22)20(7)10-11-21/h8-9,12,21H,10-11,13H2,1-7H3. The van der Waals surface area contributed by atoms with Gasteiger partial charge in [-0.05, 0) is 28.0 Å². The summed E-state index contributed by atoms with van der Waals surface area (Å²) in [5.41, 5.74) is 2.34. The summed E-state index contributed by atoms with van der Waals surface area (Å²) in [4.78, 5) is 13.5. The highest BCUT2D eigenvalue weighted by Gasteiger charge is 2.23.